The van der Waals surface area contributed by atoms with Crippen LogP contribution in [-0.2, 0) is 0 Å². The maximum Gasteiger partial charge on any atom is 0.319 e. The summed E-state index contributed by atoms with van der Waals surface area (Å²) in [4.78, 5) is 36.7. The van der Waals surface area contributed by atoms with E-state index in [0.29, 0.717) is 18.1 Å². The van der Waals surface area contributed by atoms with E-state index >= 15 is 0 Å². The van der Waals surface area contributed by atoms with Gasteiger partial charge in [-0.3, -0.25) is 9.78 Å². The second-order valence-electron chi connectivity index (χ2n) is 5.82. The number of H-pyrrole nitrogens is 1. The van der Waals surface area contributed by atoms with Crippen molar-refractivity contribution in [3.8, 4) is 0 Å². The van der Waals surface area contributed by atoms with Crippen LogP contribution in [0.15, 0.2) is 35.6 Å². The second kappa shape index (κ2) is 7.12. The van der Waals surface area contributed by atoms with E-state index in [1.165, 1.54) is 6.20 Å². The molecule has 8 nitrogen and oxygen atoms in total. The Morgan fingerprint density at radius 3 is 3.08 bits per heavy atom. The lowest BCUT2D eigenvalue weighted by atomic mass is 10.1. The molecule has 3 heterocycles. The molecule has 2 aromatic rings. The molecule has 3 N–H and O–H groups in total. The summed E-state index contributed by atoms with van der Waals surface area (Å²) in [6.07, 6.45) is 8.12. The van der Waals surface area contributed by atoms with Crippen molar-refractivity contribution in [1.29, 1.82) is 0 Å². The molecule has 0 bridgehead atoms. The van der Waals surface area contributed by atoms with Gasteiger partial charge in [-0.05, 0) is 31.4 Å². The molecule has 2 aromatic heterocycles. The van der Waals surface area contributed by atoms with Crippen LogP contribution in [0.2, 0.25) is 0 Å². The fourth-order valence-corrected chi connectivity index (χ4v) is 2.80. The highest BCUT2D eigenvalue weighted by Crippen LogP contribution is 2.15. The Morgan fingerprint density at radius 2 is 2.29 bits per heavy atom. The molecule has 0 aliphatic carbocycles. The van der Waals surface area contributed by atoms with Crippen LogP contribution in [0.3, 0.4) is 0 Å². The van der Waals surface area contributed by atoms with Gasteiger partial charge >= 0.3 is 6.03 Å². The number of nitrogens with one attached hydrogen (secondary N) is 3. The van der Waals surface area contributed by atoms with E-state index < -0.39 is 0 Å². The largest absolute Gasteiger partial charge is 0.350 e. The Labute approximate surface area is 139 Å². The average Bonchev–Trinajstić information content (AvgIpc) is 2.57. The molecule has 0 radical (unpaired) electrons. The number of anilines is 2. The fourth-order valence-electron chi connectivity index (χ4n) is 2.80. The first-order valence-corrected chi connectivity index (χ1v) is 7.90. The van der Waals surface area contributed by atoms with Gasteiger partial charge in [-0.15, -0.1) is 0 Å². The number of nitrogens with zero attached hydrogens (tertiary/aromatic N) is 3. The Balaban J connectivity index is 1.61. The van der Waals surface area contributed by atoms with E-state index in [9.17, 15) is 9.59 Å². The van der Waals surface area contributed by atoms with Crippen LogP contribution in [0.5, 0.6) is 0 Å². The summed E-state index contributed by atoms with van der Waals surface area (Å²) < 4.78 is 0. The topological polar surface area (TPSA) is 103 Å². The minimum absolute atomic E-state index is 0.0443. The van der Waals surface area contributed by atoms with Crippen molar-refractivity contribution in [2.24, 2.45) is 0 Å². The van der Waals surface area contributed by atoms with Crippen LogP contribution >= 0.6 is 0 Å². The molecule has 1 saturated heterocycles. The van der Waals surface area contributed by atoms with Crippen molar-refractivity contribution in [2.75, 3.05) is 23.3 Å². The molecule has 8 heteroatoms. The number of hydrogen-bond donors (Lipinski definition) is 3. The number of carbonyl (C=O) groups is 1. The van der Waals surface area contributed by atoms with Crippen LogP contribution in [-0.4, -0.2) is 40.1 Å². The third kappa shape index (κ3) is 3.70. The van der Waals surface area contributed by atoms with Crippen LogP contribution in [0.4, 0.5) is 16.3 Å². The molecule has 3 rings (SSSR count). The summed E-state index contributed by atoms with van der Waals surface area (Å²) in [7, 11) is 0. The highest BCUT2D eigenvalue weighted by atomic mass is 16.2. The van der Waals surface area contributed by atoms with Gasteiger partial charge in [0.25, 0.3) is 5.56 Å². The smallest absolute Gasteiger partial charge is 0.319 e. The predicted octanol–water partition coefficient (Wildman–Crippen LogP) is 1.26. The first kappa shape index (κ1) is 16.0. The highest BCUT2D eigenvalue weighted by Gasteiger charge is 2.23. The summed E-state index contributed by atoms with van der Waals surface area (Å²) in [5, 5.41) is 5.76. The van der Waals surface area contributed by atoms with E-state index in [2.05, 4.69) is 25.6 Å². The van der Waals surface area contributed by atoms with Crippen LogP contribution in [0.1, 0.15) is 18.4 Å². The van der Waals surface area contributed by atoms with Gasteiger partial charge in [0.05, 0.1) is 11.9 Å². The van der Waals surface area contributed by atoms with Gasteiger partial charge < -0.3 is 20.5 Å². The normalized spacial score (nSPS) is 17.4. The van der Waals surface area contributed by atoms with E-state index in [1.54, 1.807) is 18.6 Å². The first-order valence-electron chi connectivity index (χ1n) is 7.90. The number of hydrogen-bond acceptors (Lipinski definition) is 5. The Hall–Kier alpha value is -2.90. The Kier molecular flexibility index (Phi) is 4.74. The molecule has 0 saturated carbocycles. The molecular formula is C16H20N6O2. The first-order chi connectivity index (χ1) is 11.6. The van der Waals surface area contributed by atoms with Crippen molar-refractivity contribution < 1.29 is 4.79 Å². The zero-order valence-electron chi connectivity index (χ0n) is 13.5. The lowest BCUT2D eigenvalue weighted by molar-refractivity contribution is 0.246. The lowest BCUT2D eigenvalue weighted by Crippen LogP contribution is -2.50. The van der Waals surface area contributed by atoms with Crippen molar-refractivity contribution in [3.05, 3.63) is 46.8 Å². The monoisotopic (exact) mass is 328 g/mol. The Bertz CT molecular complexity index is 775. The molecular weight excluding hydrogens is 308 g/mol. The van der Waals surface area contributed by atoms with Crippen molar-refractivity contribution in [3.63, 3.8) is 0 Å². The SMILES string of the molecule is Cc1ccncc1NC(=O)N[C@@H]1CCCN(c2ncc[nH]c2=O)C1. The molecule has 1 aliphatic rings. The Morgan fingerprint density at radius 1 is 1.42 bits per heavy atom. The van der Waals surface area contributed by atoms with Gasteiger partial charge in [0, 0.05) is 37.7 Å². The summed E-state index contributed by atoms with van der Waals surface area (Å²) in [5.74, 6) is 0.396. The summed E-state index contributed by atoms with van der Waals surface area (Å²) in [5.41, 5.74) is 1.42. The van der Waals surface area contributed by atoms with Crippen molar-refractivity contribution in [2.45, 2.75) is 25.8 Å². The van der Waals surface area contributed by atoms with E-state index in [-0.39, 0.29) is 17.6 Å². The van der Waals surface area contributed by atoms with Crippen LogP contribution in [0.25, 0.3) is 0 Å². The van der Waals surface area contributed by atoms with Crippen molar-refractivity contribution >= 4 is 17.5 Å². The van der Waals surface area contributed by atoms with E-state index in [0.717, 1.165) is 24.9 Å². The van der Waals surface area contributed by atoms with E-state index in [4.69, 9.17) is 0 Å². The fraction of sp³-hybridized carbons (Fsp3) is 0.375. The number of piperidine rings is 1. The summed E-state index contributed by atoms with van der Waals surface area (Å²) in [6.45, 7) is 3.22. The van der Waals surface area contributed by atoms with Gasteiger partial charge in [0.15, 0.2) is 5.82 Å². The van der Waals surface area contributed by atoms with Crippen LogP contribution in [0, 0.1) is 6.92 Å². The van der Waals surface area contributed by atoms with Crippen LogP contribution < -0.4 is 21.1 Å². The molecule has 24 heavy (non-hydrogen) atoms. The van der Waals surface area contributed by atoms with Gasteiger partial charge in [0.2, 0.25) is 0 Å². The third-order valence-electron chi connectivity index (χ3n) is 4.03. The molecule has 0 unspecified atom stereocenters. The lowest BCUT2D eigenvalue weighted by Gasteiger charge is -2.33. The minimum Gasteiger partial charge on any atom is -0.350 e. The number of pyridine rings is 1. The summed E-state index contributed by atoms with van der Waals surface area (Å²) in [6, 6.07) is 1.52. The third-order valence-corrected chi connectivity index (χ3v) is 4.03. The van der Waals surface area contributed by atoms with Gasteiger partial charge in [-0.2, -0.15) is 0 Å². The maximum absolute atomic E-state index is 12.2. The van der Waals surface area contributed by atoms with Gasteiger partial charge in [-0.1, -0.05) is 0 Å². The standard InChI is InChI=1S/C16H20N6O2/c1-11-4-5-17-9-13(11)21-16(24)20-12-3-2-8-22(10-12)14-15(23)19-7-6-18-14/h4-7,9,12H,2-3,8,10H2,1H3,(H,19,23)(H2,20,21,24)/t12-/m1/s1. The minimum atomic E-state index is -0.270. The molecule has 2 amide bonds. The molecule has 126 valence electrons. The number of aromatic amines is 1. The quantitative estimate of drug-likeness (QED) is 0.787. The van der Waals surface area contributed by atoms with Gasteiger partial charge in [0.1, 0.15) is 0 Å². The molecule has 1 fully saturated rings. The zero-order chi connectivity index (χ0) is 16.9. The number of carbonyl (C=O) groups excluding carboxylic acids is 1. The average molecular weight is 328 g/mol. The highest BCUT2D eigenvalue weighted by molar-refractivity contribution is 5.90. The molecule has 1 aliphatic heterocycles. The molecule has 0 spiro atoms. The molecule has 1 atom stereocenters. The number of rotatable bonds is 3. The second-order valence-corrected chi connectivity index (χ2v) is 5.82. The van der Waals surface area contributed by atoms with Crippen molar-refractivity contribution in [1.82, 2.24) is 20.3 Å². The van der Waals surface area contributed by atoms with Gasteiger partial charge in [-0.25, -0.2) is 9.78 Å². The number of aromatic nitrogens is 3. The van der Waals surface area contributed by atoms with E-state index in [1.807, 2.05) is 17.9 Å². The zero-order valence-corrected chi connectivity index (χ0v) is 13.5. The molecule has 0 aromatic carbocycles. The number of aryl methyl sites for hydroxylation is 1. The number of urea groups is 1. The summed E-state index contributed by atoms with van der Waals surface area (Å²) >= 11 is 0. The maximum atomic E-state index is 12.2. The number of amides is 2. The predicted molar refractivity (Wildman–Crippen MR) is 91.2 cm³/mol.